The average Bonchev–Trinajstić information content (AvgIpc) is 3.07. The molecule has 0 aliphatic rings. The third kappa shape index (κ3) is 4.41. The molecule has 2 aromatic heterocycles. The van der Waals surface area contributed by atoms with Crippen LogP contribution in [-0.4, -0.2) is 27.5 Å². The number of thiophene rings is 1. The summed E-state index contributed by atoms with van der Waals surface area (Å²) < 4.78 is 5.38. The van der Waals surface area contributed by atoms with Gasteiger partial charge >= 0.3 is 5.97 Å². The average molecular weight is 336 g/mol. The number of aliphatic carboxylic acids is 1. The Morgan fingerprint density at radius 3 is 2.78 bits per heavy atom. The number of rotatable bonds is 7. The Balaban J connectivity index is 2.02. The van der Waals surface area contributed by atoms with E-state index in [1.807, 2.05) is 31.4 Å². The van der Waals surface area contributed by atoms with Crippen LogP contribution in [0.3, 0.4) is 0 Å². The highest BCUT2D eigenvalue weighted by molar-refractivity contribution is 7.13. The van der Waals surface area contributed by atoms with Crippen LogP contribution in [-0.2, 0) is 16.0 Å². The number of carbonyl (C=O) groups is 2. The summed E-state index contributed by atoms with van der Waals surface area (Å²) in [4.78, 5) is 28.4. The molecule has 2 rings (SSSR count). The van der Waals surface area contributed by atoms with E-state index in [0.29, 0.717) is 11.6 Å². The fraction of sp³-hybridized carbons (Fsp3) is 0.438. The monoisotopic (exact) mass is 336 g/mol. The number of hydrogen-bond donors (Lipinski definition) is 2. The lowest BCUT2D eigenvalue weighted by Crippen LogP contribution is -2.51. The van der Waals surface area contributed by atoms with Gasteiger partial charge in [0, 0.05) is 5.54 Å². The molecule has 0 aromatic carbocycles. The Kier molecular flexibility index (Phi) is 5.20. The number of aromatic nitrogens is 1. The number of oxazole rings is 1. The first-order valence-corrected chi connectivity index (χ1v) is 8.19. The van der Waals surface area contributed by atoms with E-state index in [0.717, 1.165) is 4.88 Å². The number of carboxylic acids is 1. The minimum Gasteiger partial charge on any atom is -0.481 e. The Morgan fingerprint density at radius 1 is 1.48 bits per heavy atom. The second-order valence-electron chi connectivity index (χ2n) is 5.99. The van der Waals surface area contributed by atoms with Gasteiger partial charge in [-0.1, -0.05) is 19.9 Å². The molecule has 2 aromatic rings. The van der Waals surface area contributed by atoms with Gasteiger partial charge in [0.25, 0.3) is 0 Å². The van der Waals surface area contributed by atoms with Crippen molar-refractivity contribution in [3.63, 3.8) is 0 Å². The molecule has 0 saturated heterocycles. The molecule has 0 radical (unpaired) electrons. The lowest BCUT2D eigenvalue weighted by Gasteiger charge is -2.33. The molecule has 1 amide bonds. The number of hydrogen-bond acceptors (Lipinski definition) is 5. The van der Waals surface area contributed by atoms with E-state index in [4.69, 9.17) is 9.52 Å². The van der Waals surface area contributed by atoms with Gasteiger partial charge in [-0.3, -0.25) is 9.59 Å². The van der Waals surface area contributed by atoms with Gasteiger partial charge in [0.05, 0.1) is 23.4 Å². The molecule has 0 saturated carbocycles. The SMILES string of the molecule is CC(C)C(C)(CC(=O)O)NC(=O)Cc1coc(-c2cccs2)n1. The van der Waals surface area contributed by atoms with Crippen molar-refractivity contribution in [2.75, 3.05) is 0 Å². The molecule has 0 aliphatic heterocycles. The van der Waals surface area contributed by atoms with Gasteiger partial charge in [0.2, 0.25) is 11.8 Å². The topological polar surface area (TPSA) is 92.4 Å². The standard InChI is InChI=1S/C16H20N2O4S/c1-10(2)16(3,8-14(20)21)18-13(19)7-11-9-22-15(17-11)12-5-4-6-23-12/h4-6,9-10H,7-8H2,1-3H3,(H,18,19)(H,20,21). The molecule has 0 bridgehead atoms. The quantitative estimate of drug-likeness (QED) is 0.811. The van der Waals surface area contributed by atoms with Crippen molar-refractivity contribution in [1.82, 2.24) is 10.3 Å². The molecule has 124 valence electrons. The predicted molar refractivity (Wildman–Crippen MR) is 87.2 cm³/mol. The van der Waals surface area contributed by atoms with Crippen molar-refractivity contribution >= 4 is 23.2 Å². The second-order valence-corrected chi connectivity index (χ2v) is 6.94. The summed E-state index contributed by atoms with van der Waals surface area (Å²) in [6, 6.07) is 3.79. The molecular formula is C16H20N2O4S. The zero-order valence-electron chi connectivity index (χ0n) is 13.3. The van der Waals surface area contributed by atoms with Crippen molar-refractivity contribution in [3.8, 4) is 10.8 Å². The predicted octanol–water partition coefficient (Wildman–Crippen LogP) is 2.95. The maximum Gasteiger partial charge on any atom is 0.305 e. The van der Waals surface area contributed by atoms with Gasteiger partial charge in [-0.2, -0.15) is 0 Å². The third-order valence-corrected chi connectivity index (χ3v) is 4.70. The van der Waals surface area contributed by atoms with E-state index in [-0.39, 0.29) is 24.7 Å². The molecule has 0 aliphatic carbocycles. The van der Waals surface area contributed by atoms with Crippen LogP contribution in [0.2, 0.25) is 0 Å². The molecule has 23 heavy (non-hydrogen) atoms. The highest BCUT2D eigenvalue weighted by Crippen LogP contribution is 2.24. The molecule has 0 spiro atoms. The summed E-state index contributed by atoms with van der Waals surface area (Å²) in [6.07, 6.45) is 1.38. The van der Waals surface area contributed by atoms with Crippen molar-refractivity contribution in [2.24, 2.45) is 5.92 Å². The van der Waals surface area contributed by atoms with Crippen LogP contribution in [0.15, 0.2) is 28.2 Å². The van der Waals surface area contributed by atoms with Gasteiger partial charge in [-0.05, 0) is 24.3 Å². The van der Waals surface area contributed by atoms with E-state index in [2.05, 4.69) is 10.3 Å². The summed E-state index contributed by atoms with van der Waals surface area (Å²) in [5.41, 5.74) is -0.282. The maximum atomic E-state index is 12.2. The number of carbonyl (C=O) groups excluding carboxylic acids is 1. The summed E-state index contributed by atoms with van der Waals surface area (Å²) in [5, 5.41) is 13.8. The summed E-state index contributed by atoms with van der Waals surface area (Å²) >= 11 is 1.51. The van der Waals surface area contributed by atoms with Gasteiger partial charge in [-0.15, -0.1) is 11.3 Å². The Bertz CT molecular complexity index is 678. The first-order chi connectivity index (χ1) is 10.8. The molecule has 2 heterocycles. The minimum atomic E-state index is -0.942. The molecule has 6 nitrogen and oxygen atoms in total. The normalized spacial score (nSPS) is 13.7. The van der Waals surface area contributed by atoms with Gasteiger partial charge in [0.15, 0.2) is 0 Å². The van der Waals surface area contributed by atoms with Gasteiger partial charge < -0.3 is 14.8 Å². The van der Waals surface area contributed by atoms with Crippen LogP contribution < -0.4 is 5.32 Å². The highest BCUT2D eigenvalue weighted by atomic mass is 32.1. The zero-order valence-corrected chi connectivity index (χ0v) is 14.1. The Hall–Kier alpha value is -2.15. The largest absolute Gasteiger partial charge is 0.481 e. The van der Waals surface area contributed by atoms with Gasteiger partial charge in [0.1, 0.15) is 6.26 Å². The van der Waals surface area contributed by atoms with Crippen molar-refractivity contribution in [3.05, 3.63) is 29.5 Å². The van der Waals surface area contributed by atoms with Crippen LogP contribution in [0.5, 0.6) is 0 Å². The number of carboxylic acid groups (broad SMARTS) is 1. The Labute approximate surface area is 138 Å². The van der Waals surface area contributed by atoms with E-state index in [1.165, 1.54) is 17.6 Å². The van der Waals surface area contributed by atoms with E-state index < -0.39 is 11.5 Å². The molecule has 7 heteroatoms. The summed E-state index contributed by atoms with van der Waals surface area (Å²) in [7, 11) is 0. The van der Waals surface area contributed by atoms with Crippen LogP contribution >= 0.6 is 11.3 Å². The van der Waals surface area contributed by atoms with Crippen molar-refractivity contribution in [1.29, 1.82) is 0 Å². The fourth-order valence-electron chi connectivity index (χ4n) is 2.14. The van der Waals surface area contributed by atoms with E-state index in [1.54, 1.807) is 6.92 Å². The van der Waals surface area contributed by atoms with Crippen molar-refractivity contribution < 1.29 is 19.1 Å². The highest BCUT2D eigenvalue weighted by Gasteiger charge is 2.32. The smallest absolute Gasteiger partial charge is 0.305 e. The van der Waals surface area contributed by atoms with E-state index in [9.17, 15) is 9.59 Å². The van der Waals surface area contributed by atoms with Crippen LogP contribution in [0.1, 0.15) is 32.9 Å². The lowest BCUT2D eigenvalue weighted by molar-refractivity contribution is -0.139. The fourth-order valence-corrected chi connectivity index (χ4v) is 2.79. The minimum absolute atomic E-state index is 0.0125. The zero-order chi connectivity index (χ0) is 17.0. The molecular weight excluding hydrogens is 316 g/mol. The molecule has 2 N–H and O–H groups in total. The maximum absolute atomic E-state index is 12.2. The first kappa shape index (κ1) is 17.2. The van der Waals surface area contributed by atoms with Crippen LogP contribution in [0.4, 0.5) is 0 Å². The number of nitrogens with one attached hydrogen (secondary N) is 1. The second kappa shape index (κ2) is 6.95. The van der Waals surface area contributed by atoms with Crippen molar-refractivity contribution in [2.45, 2.75) is 39.2 Å². The summed E-state index contributed by atoms with van der Waals surface area (Å²) in [6.45, 7) is 5.51. The van der Waals surface area contributed by atoms with Crippen LogP contribution in [0, 0.1) is 5.92 Å². The number of amides is 1. The number of nitrogens with zero attached hydrogens (tertiary/aromatic N) is 1. The Morgan fingerprint density at radius 2 is 2.22 bits per heavy atom. The van der Waals surface area contributed by atoms with Crippen LogP contribution in [0.25, 0.3) is 10.8 Å². The first-order valence-electron chi connectivity index (χ1n) is 7.31. The molecule has 0 fully saturated rings. The summed E-state index contributed by atoms with van der Waals surface area (Å²) in [5.74, 6) is -0.738. The molecule has 1 atom stereocenters. The molecule has 1 unspecified atom stereocenters. The van der Waals surface area contributed by atoms with Gasteiger partial charge in [-0.25, -0.2) is 4.98 Å². The van der Waals surface area contributed by atoms with E-state index >= 15 is 0 Å². The third-order valence-electron chi connectivity index (χ3n) is 3.84. The lowest BCUT2D eigenvalue weighted by atomic mass is 9.85.